The number of halogens is 1. The molecule has 3 aromatic rings. The van der Waals surface area contributed by atoms with Crippen LogP contribution in [0.4, 0.5) is 0 Å². The van der Waals surface area contributed by atoms with E-state index in [0.29, 0.717) is 28.9 Å². The fourth-order valence-electron chi connectivity index (χ4n) is 2.29. The third-order valence-electron chi connectivity index (χ3n) is 3.44. The molecule has 24 heavy (non-hydrogen) atoms. The van der Waals surface area contributed by atoms with Crippen molar-refractivity contribution in [1.29, 1.82) is 0 Å². The number of ether oxygens (including phenoxy) is 2. The van der Waals surface area contributed by atoms with E-state index in [0.717, 1.165) is 23.3 Å². The monoisotopic (exact) mass is 343 g/mol. The van der Waals surface area contributed by atoms with Gasteiger partial charge in [-0.15, -0.1) is 0 Å². The molecule has 0 aliphatic rings. The lowest BCUT2D eigenvalue weighted by molar-refractivity contribution is 0.294. The smallest absolute Gasteiger partial charge is 0.238 e. The highest BCUT2D eigenvalue weighted by molar-refractivity contribution is 6.50. The minimum Gasteiger partial charge on any atom is -0.493 e. The van der Waals surface area contributed by atoms with E-state index in [2.05, 4.69) is 11.9 Å². The molecule has 1 heterocycles. The molecule has 0 atom stereocenters. The Morgan fingerprint density at radius 3 is 2.79 bits per heavy atom. The number of rotatable bonds is 6. The van der Waals surface area contributed by atoms with Crippen LogP contribution in [0.3, 0.4) is 0 Å². The first-order chi connectivity index (χ1) is 11.7. The van der Waals surface area contributed by atoms with Crippen LogP contribution in [0.2, 0.25) is 0 Å². The van der Waals surface area contributed by atoms with E-state index in [4.69, 9.17) is 25.5 Å². The van der Waals surface area contributed by atoms with Gasteiger partial charge in [0, 0.05) is 0 Å². The van der Waals surface area contributed by atoms with Gasteiger partial charge in [-0.05, 0) is 42.3 Å². The number of nitrogens with zero attached hydrogens (tertiary/aromatic N) is 1. The van der Waals surface area contributed by atoms with Gasteiger partial charge in [0.2, 0.25) is 5.89 Å². The van der Waals surface area contributed by atoms with Crippen LogP contribution in [0.15, 0.2) is 46.9 Å². The summed E-state index contributed by atoms with van der Waals surface area (Å²) in [6.45, 7) is 2.71. The predicted octanol–water partition coefficient (Wildman–Crippen LogP) is 5.36. The molecule has 5 heteroatoms. The summed E-state index contributed by atoms with van der Waals surface area (Å²) in [7, 11) is 1.62. The molecule has 0 aliphatic heterocycles. The SMILES string of the molecule is CCCOc1ccc(/C=C(\Cl)c2nc3ccccc3o2)cc1OC. The highest BCUT2D eigenvalue weighted by Crippen LogP contribution is 2.31. The predicted molar refractivity (Wildman–Crippen MR) is 96.5 cm³/mol. The van der Waals surface area contributed by atoms with E-state index < -0.39 is 0 Å². The lowest BCUT2D eigenvalue weighted by Gasteiger charge is -2.10. The topological polar surface area (TPSA) is 44.5 Å². The van der Waals surface area contributed by atoms with E-state index in [9.17, 15) is 0 Å². The summed E-state index contributed by atoms with van der Waals surface area (Å²) in [6, 6.07) is 13.2. The summed E-state index contributed by atoms with van der Waals surface area (Å²) >= 11 is 6.36. The maximum atomic E-state index is 6.36. The zero-order valence-corrected chi connectivity index (χ0v) is 14.3. The maximum absolute atomic E-state index is 6.36. The van der Waals surface area contributed by atoms with Gasteiger partial charge in [0.05, 0.1) is 13.7 Å². The number of oxazole rings is 1. The largest absolute Gasteiger partial charge is 0.493 e. The molecule has 0 aliphatic carbocycles. The van der Waals surface area contributed by atoms with E-state index in [1.54, 1.807) is 13.2 Å². The van der Waals surface area contributed by atoms with Gasteiger partial charge in [0.25, 0.3) is 0 Å². The van der Waals surface area contributed by atoms with Crippen molar-refractivity contribution in [1.82, 2.24) is 4.98 Å². The fraction of sp³-hybridized carbons (Fsp3) is 0.211. The highest BCUT2D eigenvalue weighted by Gasteiger charge is 2.10. The first kappa shape index (κ1) is 16.4. The van der Waals surface area contributed by atoms with Crippen LogP contribution in [-0.4, -0.2) is 18.7 Å². The summed E-state index contributed by atoms with van der Waals surface area (Å²) in [6.07, 6.45) is 2.73. The van der Waals surface area contributed by atoms with Crippen molar-refractivity contribution >= 4 is 33.8 Å². The van der Waals surface area contributed by atoms with Crippen LogP contribution in [0.5, 0.6) is 11.5 Å². The van der Waals surface area contributed by atoms with Crippen LogP contribution in [-0.2, 0) is 0 Å². The van der Waals surface area contributed by atoms with Crippen molar-refractivity contribution < 1.29 is 13.9 Å². The number of hydrogen-bond acceptors (Lipinski definition) is 4. The first-order valence-electron chi connectivity index (χ1n) is 7.75. The lowest BCUT2D eigenvalue weighted by atomic mass is 10.2. The van der Waals surface area contributed by atoms with Crippen LogP contribution in [0.25, 0.3) is 22.2 Å². The summed E-state index contributed by atoms with van der Waals surface area (Å²) in [5.74, 6) is 1.77. The number of aromatic nitrogens is 1. The first-order valence-corrected chi connectivity index (χ1v) is 8.13. The van der Waals surface area contributed by atoms with Gasteiger partial charge in [-0.1, -0.05) is 36.7 Å². The molecule has 0 radical (unpaired) electrons. The average molecular weight is 344 g/mol. The Balaban J connectivity index is 1.89. The molecule has 0 N–H and O–H groups in total. The highest BCUT2D eigenvalue weighted by atomic mass is 35.5. The Hall–Kier alpha value is -2.46. The summed E-state index contributed by atoms with van der Waals surface area (Å²) in [5.41, 5.74) is 2.36. The number of methoxy groups -OCH3 is 1. The van der Waals surface area contributed by atoms with Crippen LogP contribution in [0.1, 0.15) is 24.8 Å². The molecular weight excluding hydrogens is 326 g/mol. The lowest BCUT2D eigenvalue weighted by Crippen LogP contribution is -1.97. The number of benzene rings is 2. The number of hydrogen-bond donors (Lipinski definition) is 0. The van der Waals surface area contributed by atoms with E-state index in [1.807, 2.05) is 42.5 Å². The fourth-order valence-corrected chi connectivity index (χ4v) is 2.49. The van der Waals surface area contributed by atoms with Gasteiger partial charge in [0.15, 0.2) is 17.1 Å². The number of para-hydroxylation sites is 2. The van der Waals surface area contributed by atoms with E-state index in [-0.39, 0.29) is 0 Å². The average Bonchev–Trinajstić information content (AvgIpc) is 3.04. The van der Waals surface area contributed by atoms with E-state index >= 15 is 0 Å². The van der Waals surface area contributed by atoms with Crippen LogP contribution >= 0.6 is 11.6 Å². The Labute approximate surface area is 145 Å². The van der Waals surface area contributed by atoms with Gasteiger partial charge in [-0.2, -0.15) is 0 Å². The van der Waals surface area contributed by atoms with Crippen molar-refractivity contribution in [2.75, 3.05) is 13.7 Å². The summed E-state index contributed by atoms with van der Waals surface area (Å²) in [4.78, 5) is 4.39. The van der Waals surface area contributed by atoms with Gasteiger partial charge in [0.1, 0.15) is 10.5 Å². The van der Waals surface area contributed by atoms with Gasteiger partial charge >= 0.3 is 0 Å². The third kappa shape index (κ3) is 3.54. The second-order valence-corrected chi connectivity index (χ2v) is 5.64. The molecule has 4 nitrogen and oxygen atoms in total. The molecule has 0 saturated carbocycles. The molecule has 0 bridgehead atoms. The molecule has 124 valence electrons. The molecule has 0 fully saturated rings. The van der Waals surface area contributed by atoms with Crippen molar-refractivity contribution in [3.8, 4) is 11.5 Å². The normalized spacial score (nSPS) is 11.7. The zero-order valence-electron chi connectivity index (χ0n) is 13.6. The molecule has 0 unspecified atom stereocenters. The molecule has 0 amide bonds. The van der Waals surface area contributed by atoms with Gasteiger partial charge in [-0.25, -0.2) is 4.98 Å². The van der Waals surface area contributed by atoms with E-state index in [1.165, 1.54) is 0 Å². The van der Waals surface area contributed by atoms with Gasteiger partial charge < -0.3 is 13.9 Å². The molecule has 3 rings (SSSR count). The minimum atomic E-state index is 0.392. The van der Waals surface area contributed by atoms with Gasteiger partial charge in [-0.3, -0.25) is 0 Å². The quantitative estimate of drug-likeness (QED) is 0.604. The van der Waals surface area contributed by atoms with Crippen molar-refractivity contribution in [3.63, 3.8) is 0 Å². The second-order valence-electron chi connectivity index (χ2n) is 5.24. The third-order valence-corrected chi connectivity index (χ3v) is 3.71. The summed E-state index contributed by atoms with van der Waals surface area (Å²) < 4.78 is 16.7. The summed E-state index contributed by atoms with van der Waals surface area (Å²) in [5, 5.41) is 0.426. The molecule has 1 aromatic heterocycles. The Morgan fingerprint density at radius 1 is 1.21 bits per heavy atom. The Morgan fingerprint density at radius 2 is 2.04 bits per heavy atom. The zero-order chi connectivity index (χ0) is 16.9. The van der Waals surface area contributed by atoms with Crippen molar-refractivity contribution in [2.24, 2.45) is 0 Å². The maximum Gasteiger partial charge on any atom is 0.238 e. The molecular formula is C19H18ClNO3. The minimum absolute atomic E-state index is 0.392. The van der Waals surface area contributed by atoms with Crippen LogP contribution in [0, 0.1) is 0 Å². The molecule has 2 aromatic carbocycles. The second kappa shape index (κ2) is 7.41. The molecule has 0 saturated heterocycles. The van der Waals surface area contributed by atoms with Crippen molar-refractivity contribution in [3.05, 3.63) is 53.9 Å². The Kier molecular flexibility index (Phi) is 5.06. The number of fused-ring (bicyclic) bond motifs is 1. The molecule has 0 spiro atoms. The Bertz CT molecular complexity index is 837. The van der Waals surface area contributed by atoms with Crippen LogP contribution < -0.4 is 9.47 Å². The van der Waals surface area contributed by atoms with Crippen molar-refractivity contribution in [2.45, 2.75) is 13.3 Å². The standard InChI is InChI=1S/C19H18ClNO3/c1-3-10-23-17-9-8-13(12-18(17)22-2)11-14(20)19-21-15-6-4-5-7-16(15)24-19/h4-9,11-12H,3,10H2,1-2H3/b14-11-.